The summed E-state index contributed by atoms with van der Waals surface area (Å²) in [5.41, 5.74) is 4.41. The third-order valence-corrected chi connectivity index (χ3v) is 6.51. The van der Waals surface area contributed by atoms with E-state index in [9.17, 15) is 0 Å². The van der Waals surface area contributed by atoms with Crippen LogP contribution in [0.2, 0.25) is 0 Å². The first-order valence-corrected chi connectivity index (χ1v) is 11.2. The highest BCUT2D eigenvalue weighted by atomic mass is 16.5. The summed E-state index contributed by atoms with van der Waals surface area (Å²) in [6.07, 6.45) is 8.55. The van der Waals surface area contributed by atoms with Gasteiger partial charge in [0.2, 0.25) is 0 Å². The molecule has 3 aromatic rings. The van der Waals surface area contributed by atoms with Gasteiger partial charge in [-0.2, -0.15) is 5.10 Å². The fourth-order valence-electron chi connectivity index (χ4n) is 4.76. The Hall–Kier alpha value is -2.68. The number of ether oxygens (including phenoxy) is 2. The van der Waals surface area contributed by atoms with Crippen molar-refractivity contribution < 1.29 is 9.47 Å². The van der Waals surface area contributed by atoms with Crippen molar-refractivity contribution in [3.05, 3.63) is 48.3 Å². The third-order valence-electron chi connectivity index (χ3n) is 6.51. The first kappa shape index (κ1) is 19.0. The largest absolute Gasteiger partial charge is 0.483 e. The maximum absolute atomic E-state index is 6.09. The van der Waals surface area contributed by atoms with Crippen LogP contribution in [0, 0.1) is 0 Å². The van der Waals surface area contributed by atoms with Crippen LogP contribution in [0.15, 0.2) is 36.8 Å². The van der Waals surface area contributed by atoms with E-state index in [0.717, 1.165) is 92.9 Å². The number of piperidine rings is 1. The monoisotopic (exact) mass is 420 g/mol. The molecule has 8 heteroatoms. The van der Waals surface area contributed by atoms with Crippen molar-refractivity contribution in [1.29, 1.82) is 0 Å². The predicted molar refractivity (Wildman–Crippen MR) is 116 cm³/mol. The number of fused-ring (bicyclic) bond motifs is 3. The fraction of sp³-hybridized carbons (Fsp3) is 0.478. The van der Waals surface area contributed by atoms with Gasteiger partial charge in [-0.1, -0.05) is 6.07 Å². The normalized spacial score (nSPS) is 19.6. The summed E-state index contributed by atoms with van der Waals surface area (Å²) >= 11 is 0. The lowest BCUT2D eigenvalue weighted by Crippen LogP contribution is -2.35. The van der Waals surface area contributed by atoms with E-state index in [1.54, 1.807) is 0 Å². The quantitative estimate of drug-likeness (QED) is 0.699. The molecule has 0 radical (unpaired) electrons. The molecule has 2 aromatic heterocycles. The van der Waals surface area contributed by atoms with Gasteiger partial charge in [-0.25, -0.2) is 4.98 Å². The molecule has 1 N–H and O–H groups in total. The molecule has 8 nitrogen and oxygen atoms in total. The number of morpholine rings is 1. The molecule has 0 unspecified atom stereocenters. The average molecular weight is 421 g/mol. The van der Waals surface area contributed by atoms with Crippen molar-refractivity contribution >= 4 is 0 Å². The highest BCUT2D eigenvalue weighted by molar-refractivity contribution is 5.67. The topological polar surface area (TPSA) is 69.4 Å². The Labute approximate surface area is 181 Å². The molecule has 0 bridgehead atoms. The van der Waals surface area contributed by atoms with Crippen LogP contribution >= 0.6 is 0 Å². The number of hydrogen-bond donors (Lipinski definition) is 1. The second kappa shape index (κ2) is 8.11. The summed E-state index contributed by atoms with van der Waals surface area (Å²) in [7, 11) is 0. The lowest BCUT2D eigenvalue weighted by atomic mass is 10.1. The minimum absolute atomic E-state index is 0.488. The van der Waals surface area contributed by atoms with Crippen LogP contribution in [0.25, 0.3) is 16.8 Å². The lowest BCUT2D eigenvalue weighted by molar-refractivity contribution is 0.0337. The molecule has 5 heterocycles. The zero-order valence-electron chi connectivity index (χ0n) is 17.7. The van der Waals surface area contributed by atoms with E-state index in [-0.39, 0.29) is 0 Å². The Bertz CT molecular complexity index is 1060. The molecule has 0 aliphatic carbocycles. The maximum Gasteiger partial charge on any atom is 0.151 e. The first-order chi connectivity index (χ1) is 15.3. The molecule has 0 amide bonds. The van der Waals surface area contributed by atoms with Crippen LogP contribution in [-0.2, 0) is 17.9 Å². The Morgan fingerprint density at radius 2 is 1.94 bits per heavy atom. The molecular formula is C23H28N6O2. The van der Waals surface area contributed by atoms with E-state index in [4.69, 9.17) is 14.5 Å². The summed E-state index contributed by atoms with van der Waals surface area (Å²) < 4.78 is 15.8. The van der Waals surface area contributed by atoms with Gasteiger partial charge in [0.25, 0.3) is 0 Å². The number of rotatable bonds is 4. The average Bonchev–Trinajstić information content (AvgIpc) is 3.47. The van der Waals surface area contributed by atoms with Crippen molar-refractivity contribution in [3.63, 3.8) is 0 Å². The predicted octanol–water partition coefficient (Wildman–Crippen LogP) is 2.38. The van der Waals surface area contributed by atoms with Crippen molar-refractivity contribution in [1.82, 2.24) is 29.5 Å². The van der Waals surface area contributed by atoms with E-state index >= 15 is 0 Å². The van der Waals surface area contributed by atoms with Gasteiger partial charge in [-0.05, 0) is 43.6 Å². The van der Waals surface area contributed by atoms with Gasteiger partial charge in [0, 0.05) is 37.6 Å². The Morgan fingerprint density at radius 1 is 1.06 bits per heavy atom. The minimum Gasteiger partial charge on any atom is -0.483 e. The molecule has 2 saturated heterocycles. The van der Waals surface area contributed by atoms with E-state index in [2.05, 4.69) is 55.2 Å². The van der Waals surface area contributed by atoms with E-state index < -0.39 is 0 Å². The molecule has 3 aliphatic rings. The first-order valence-electron chi connectivity index (χ1n) is 11.2. The van der Waals surface area contributed by atoms with Crippen molar-refractivity contribution in [2.24, 2.45) is 0 Å². The SMILES string of the molecule is c1cc2c(cc1-c1cnn(C3CCNCC3)c1)OCc1nc(CN3CCOCC3)cn1-2. The number of benzene rings is 1. The van der Waals surface area contributed by atoms with Crippen LogP contribution in [0.1, 0.15) is 30.4 Å². The summed E-state index contributed by atoms with van der Waals surface area (Å²) in [6, 6.07) is 6.91. The third kappa shape index (κ3) is 3.75. The Balaban J connectivity index is 1.23. The molecular weight excluding hydrogens is 392 g/mol. The molecule has 2 fully saturated rings. The lowest BCUT2D eigenvalue weighted by Gasteiger charge is -2.25. The zero-order valence-corrected chi connectivity index (χ0v) is 17.7. The molecule has 1 aromatic carbocycles. The van der Waals surface area contributed by atoms with Gasteiger partial charge in [0.1, 0.15) is 12.4 Å². The molecule has 0 saturated carbocycles. The summed E-state index contributed by atoms with van der Waals surface area (Å²) in [5.74, 6) is 1.86. The van der Waals surface area contributed by atoms with Crippen LogP contribution in [0.4, 0.5) is 0 Å². The highest BCUT2D eigenvalue weighted by Gasteiger charge is 2.22. The van der Waals surface area contributed by atoms with Crippen LogP contribution in [-0.4, -0.2) is 63.6 Å². The Morgan fingerprint density at radius 3 is 2.81 bits per heavy atom. The van der Waals surface area contributed by atoms with Gasteiger partial charge in [0.05, 0.1) is 36.8 Å². The van der Waals surface area contributed by atoms with Crippen LogP contribution < -0.4 is 10.1 Å². The van der Waals surface area contributed by atoms with Gasteiger partial charge in [-0.15, -0.1) is 0 Å². The van der Waals surface area contributed by atoms with Gasteiger partial charge < -0.3 is 14.8 Å². The fourth-order valence-corrected chi connectivity index (χ4v) is 4.76. The molecule has 31 heavy (non-hydrogen) atoms. The number of imidazole rings is 1. The molecule has 0 spiro atoms. The van der Waals surface area contributed by atoms with Crippen molar-refractivity contribution in [3.8, 4) is 22.6 Å². The van der Waals surface area contributed by atoms with Crippen molar-refractivity contribution in [2.45, 2.75) is 32.0 Å². The van der Waals surface area contributed by atoms with Crippen LogP contribution in [0.3, 0.4) is 0 Å². The van der Waals surface area contributed by atoms with Gasteiger partial charge in [0.15, 0.2) is 5.82 Å². The smallest absolute Gasteiger partial charge is 0.151 e. The van der Waals surface area contributed by atoms with Crippen molar-refractivity contribution in [2.75, 3.05) is 39.4 Å². The Kier molecular flexibility index (Phi) is 4.98. The summed E-state index contributed by atoms with van der Waals surface area (Å²) in [5, 5.41) is 8.06. The highest BCUT2D eigenvalue weighted by Crippen LogP contribution is 2.34. The van der Waals surface area contributed by atoms with Gasteiger partial charge >= 0.3 is 0 Å². The van der Waals surface area contributed by atoms with Crippen LogP contribution in [0.5, 0.6) is 5.75 Å². The van der Waals surface area contributed by atoms with E-state index in [0.29, 0.717) is 12.6 Å². The minimum atomic E-state index is 0.488. The summed E-state index contributed by atoms with van der Waals surface area (Å²) in [6.45, 7) is 7.00. The number of nitrogens with one attached hydrogen (secondary N) is 1. The summed E-state index contributed by atoms with van der Waals surface area (Å²) in [4.78, 5) is 7.21. The molecule has 3 aliphatic heterocycles. The molecule has 0 atom stereocenters. The number of nitrogens with zero attached hydrogens (tertiary/aromatic N) is 5. The van der Waals surface area contributed by atoms with Gasteiger partial charge in [-0.3, -0.25) is 14.1 Å². The number of aromatic nitrogens is 4. The second-order valence-corrected chi connectivity index (χ2v) is 8.57. The standard InChI is InChI=1S/C23H28N6O2/c1-2-21-22(11-17(1)18-12-25-29(13-18)20-3-5-24-6-4-20)31-16-23-26-19(15-28(21)23)14-27-7-9-30-10-8-27/h1-2,11-13,15,20,24H,3-10,14,16H2. The molecule has 6 rings (SSSR count). The second-order valence-electron chi connectivity index (χ2n) is 8.57. The maximum atomic E-state index is 6.09. The van der Waals surface area contributed by atoms with E-state index in [1.807, 2.05) is 6.20 Å². The number of hydrogen-bond acceptors (Lipinski definition) is 6. The molecule has 162 valence electrons. The zero-order chi connectivity index (χ0) is 20.6. The van der Waals surface area contributed by atoms with E-state index in [1.165, 1.54) is 0 Å².